The second-order valence-corrected chi connectivity index (χ2v) is 5.95. The average Bonchev–Trinajstić information content (AvgIpc) is 2.52. The monoisotopic (exact) mass is 273 g/mol. The van der Waals surface area contributed by atoms with Crippen LogP contribution in [0, 0.1) is 11.5 Å². The Hall–Kier alpha value is -0.980. The summed E-state index contributed by atoms with van der Waals surface area (Å²) in [5.41, 5.74) is 1.82. The van der Waals surface area contributed by atoms with Crippen LogP contribution in [-0.4, -0.2) is 0 Å². The topological polar surface area (TPSA) is 9.23 Å². The van der Waals surface area contributed by atoms with Crippen LogP contribution in [-0.2, 0) is 5.41 Å². The first-order valence-corrected chi connectivity index (χ1v) is 8.29. The fraction of sp³-hybridized carbons (Fsp3) is 0.632. The van der Waals surface area contributed by atoms with Gasteiger partial charge in [0.2, 0.25) is 0 Å². The Kier molecular flexibility index (Phi) is 4.46. The quantitative estimate of drug-likeness (QED) is 0.650. The molecule has 1 aliphatic heterocycles. The van der Waals surface area contributed by atoms with Crippen molar-refractivity contribution in [1.29, 1.82) is 0 Å². The maximum Gasteiger partial charge on any atom is 0.155 e. The minimum absolute atomic E-state index is 0.180. The molecule has 0 fully saturated rings. The van der Waals surface area contributed by atoms with Crippen molar-refractivity contribution >= 4 is 0 Å². The lowest BCUT2D eigenvalue weighted by atomic mass is 9.51. The molecule has 0 amide bonds. The van der Waals surface area contributed by atoms with E-state index in [0.29, 0.717) is 0 Å². The van der Waals surface area contributed by atoms with Crippen LogP contribution >= 0.6 is 0 Å². The predicted octanol–water partition coefficient (Wildman–Crippen LogP) is 5.89. The van der Waals surface area contributed by atoms with E-state index in [4.69, 9.17) is 4.74 Å². The van der Waals surface area contributed by atoms with Crippen LogP contribution in [0.2, 0.25) is 0 Å². The molecular formula is C19H29O. The molecule has 0 saturated heterocycles. The van der Waals surface area contributed by atoms with Crippen LogP contribution in [0.5, 0.6) is 5.75 Å². The molecule has 1 radical (unpaired) electrons. The molecule has 1 heterocycles. The highest BCUT2D eigenvalue weighted by atomic mass is 16.5. The summed E-state index contributed by atoms with van der Waals surface area (Å²) in [5, 5.41) is 0. The third-order valence-electron chi connectivity index (χ3n) is 5.82. The highest BCUT2D eigenvalue weighted by molar-refractivity contribution is 5.46. The lowest BCUT2D eigenvalue weighted by Gasteiger charge is -2.56. The number of para-hydroxylation sites is 1. The summed E-state index contributed by atoms with van der Waals surface area (Å²) in [5.74, 6) is 1.09. The molecule has 1 aromatic carbocycles. The van der Waals surface area contributed by atoms with Gasteiger partial charge in [0.15, 0.2) is 6.10 Å². The molecule has 0 bridgehead atoms. The van der Waals surface area contributed by atoms with Crippen LogP contribution in [0.25, 0.3) is 0 Å². The average molecular weight is 273 g/mol. The van der Waals surface area contributed by atoms with Gasteiger partial charge in [-0.25, -0.2) is 0 Å². The Balaban J connectivity index is 2.72. The van der Waals surface area contributed by atoms with Crippen molar-refractivity contribution in [2.45, 2.75) is 72.1 Å². The molecule has 0 aromatic heterocycles. The van der Waals surface area contributed by atoms with Crippen LogP contribution < -0.4 is 4.74 Å². The van der Waals surface area contributed by atoms with E-state index in [2.05, 4.69) is 58.9 Å². The van der Waals surface area contributed by atoms with Gasteiger partial charge in [-0.3, -0.25) is 0 Å². The van der Waals surface area contributed by atoms with Gasteiger partial charge in [0.05, 0.1) is 0 Å². The summed E-state index contributed by atoms with van der Waals surface area (Å²) in [7, 11) is 0. The summed E-state index contributed by atoms with van der Waals surface area (Å²) in [4.78, 5) is 0. The Bertz CT molecular complexity index is 441. The van der Waals surface area contributed by atoms with Gasteiger partial charge in [0.25, 0.3) is 0 Å². The van der Waals surface area contributed by atoms with Crippen LogP contribution in [0.4, 0.5) is 0 Å². The molecule has 20 heavy (non-hydrogen) atoms. The van der Waals surface area contributed by atoms with E-state index < -0.39 is 0 Å². The number of hydrogen-bond acceptors (Lipinski definition) is 1. The summed E-state index contributed by atoms with van der Waals surface area (Å²) in [6.45, 7) is 11.6. The van der Waals surface area contributed by atoms with Crippen LogP contribution in [0.15, 0.2) is 24.3 Å². The smallest absolute Gasteiger partial charge is 0.155 e. The Morgan fingerprint density at radius 1 is 0.800 bits per heavy atom. The molecule has 2 rings (SSSR count). The molecule has 0 N–H and O–H groups in total. The summed E-state index contributed by atoms with van der Waals surface area (Å²) < 4.78 is 6.35. The van der Waals surface area contributed by atoms with Crippen molar-refractivity contribution in [2.24, 2.45) is 5.41 Å². The number of ether oxygens (including phenoxy) is 1. The molecule has 1 heteroatoms. The Morgan fingerprint density at radius 3 is 1.85 bits per heavy atom. The van der Waals surface area contributed by atoms with E-state index in [1.54, 1.807) is 0 Å². The number of rotatable bonds is 5. The van der Waals surface area contributed by atoms with Crippen molar-refractivity contribution in [1.82, 2.24) is 0 Å². The van der Waals surface area contributed by atoms with E-state index in [-0.39, 0.29) is 10.8 Å². The van der Waals surface area contributed by atoms with Crippen LogP contribution in [0.1, 0.15) is 72.3 Å². The van der Waals surface area contributed by atoms with Gasteiger partial charge >= 0.3 is 0 Å². The minimum atomic E-state index is 0.180. The minimum Gasteiger partial charge on any atom is -0.482 e. The summed E-state index contributed by atoms with van der Waals surface area (Å²) >= 11 is 0. The molecule has 1 aliphatic rings. The number of benzene rings is 1. The first-order valence-electron chi connectivity index (χ1n) is 8.29. The van der Waals surface area contributed by atoms with Crippen LogP contribution in [0.3, 0.4) is 0 Å². The third kappa shape index (κ3) is 1.82. The highest BCUT2D eigenvalue weighted by Gasteiger charge is 2.57. The van der Waals surface area contributed by atoms with Crippen molar-refractivity contribution in [3.63, 3.8) is 0 Å². The largest absolute Gasteiger partial charge is 0.482 e. The summed E-state index contributed by atoms with van der Waals surface area (Å²) in [6.07, 6.45) is 6.97. The summed E-state index contributed by atoms with van der Waals surface area (Å²) in [6, 6.07) is 8.68. The molecule has 0 spiro atoms. The standard InChI is InChI=1S/C19H29O/c1-6-17-19(9-4,10-5)18(7-2,8-3)15-13-11-12-14-16(15)20-17/h11-14H,6-10H2,1-5H3. The van der Waals surface area contributed by atoms with Gasteiger partial charge in [-0.05, 0) is 38.2 Å². The van der Waals surface area contributed by atoms with Gasteiger partial charge in [-0.15, -0.1) is 0 Å². The van der Waals surface area contributed by atoms with Gasteiger partial charge in [-0.2, -0.15) is 0 Å². The second kappa shape index (κ2) is 5.79. The van der Waals surface area contributed by atoms with E-state index in [1.165, 1.54) is 24.5 Å². The van der Waals surface area contributed by atoms with Gasteiger partial charge in [0, 0.05) is 16.4 Å². The lowest BCUT2D eigenvalue weighted by molar-refractivity contribution is 0.00744. The first kappa shape index (κ1) is 15.4. The van der Waals surface area contributed by atoms with E-state index in [0.717, 1.165) is 25.0 Å². The van der Waals surface area contributed by atoms with E-state index in [1.807, 2.05) is 0 Å². The van der Waals surface area contributed by atoms with Gasteiger partial charge < -0.3 is 4.74 Å². The predicted molar refractivity (Wildman–Crippen MR) is 85.9 cm³/mol. The highest BCUT2D eigenvalue weighted by Crippen LogP contribution is 2.62. The molecule has 111 valence electrons. The fourth-order valence-corrected chi connectivity index (χ4v) is 4.75. The van der Waals surface area contributed by atoms with Crippen molar-refractivity contribution in [2.75, 3.05) is 0 Å². The second-order valence-electron chi connectivity index (χ2n) is 5.95. The fourth-order valence-electron chi connectivity index (χ4n) is 4.75. The zero-order valence-electron chi connectivity index (χ0n) is 13.8. The SMILES string of the molecule is CC[C]1Oc2ccccc2C(CC)(CC)C1(CC)CC. The molecule has 0 unspecified atom stereocenters. The zero-order chi connectivity index (χ0) is 14.8. The Labute approximate surface area is 124 Å². The molecule has 0 atom stereocenters. The maximum atomic E-state index is 6.35. The van der Waals surface area contributed by atoms with E-state index in [9.17, 15) is 0 Å². The zero-order valence-corrected chi connectivity index (χ0v) is 13.8. The molecular weight excluding hydrogens is 244 g/mol. The van der Waals surface area contributed by atoms with Crippen molar-refractivity contribution in [3.05, 3.63) is 35.9 Å². The molecule has 1 aromatic rings. The third-order valence-corrected chi connectivity index (χ3v) is 5.82. The lowest BCUT2D eigenvalue weighted by Crippen LogP contribution is -2.53. The molecule has 0 saturated carbocycles. The van der Waals surface area contributed by atoms with Crippen molar-refractivity contribution < 1.29 is 4.74 Å². The molecule has 0 aliphatic carbocycles. The molecule has 1 nitrogen and oxygen atoms in total. The maximum absolute atomic E-state index is 6.35. The Morgan fingerprint density at radius 2 is 1.35 bits per heavy atom. The van der Waals surface area contributed by atoms with Gasteiger partial charge in [0.1, 0.15) is 5.75 Å². The number of hydrogen-bond donors (Lipinski definition) is 0. The number of fused-ring (bicyclic) bond motifs is 1. The van der Waals surface area contributed by atoms with Gasteiger partial charge in [-0.1, -0.05) is 52.8 Å². The van der Waals surface area contributed by atoms with Crippen molar-refractivity contribution in [3.8, 4) is 5.75 Å². The normalized spacial score (nSPS) is 20.2. The first-order chi connectivity index (χ1) is 9.65. The van der Waals surface area contributed by atoms with E-state index >= 15 is 0 Å².